The number of carboxylic acid groups (broad SMARTS) is 1. The number of aliphatic carboxylic acids is 1. The molecule has 0 aliphatic rings. The summed E-state index contributed by atoms with van der Waals surface area (Å²) in [4.78, 5) is 44.3. The molecule has 0 heterocycles. The molecule has 120 valence electrons. The van der Waals surface area contributed by atoms with Crippen molar-refractivity contribution in [1.29, 1.82) is 0 Å². The van der Waals surface area contributed by atoms with E-state index in [0.29, 0.717) is 0 Å². The molecule has 3 amide bonds. The molecule has 1 atom stereocenters. The standard InChI is InChI=1S/C12H21N3O6/c1-7(15-11(20)21-12(2,3)4)10(19)14-5-8(16)13-6-9(17)18/h7H,5-6H2,1-4H3,(H,13,16)(H,14,19)(H,15,20)(H,17,18)/p-1/t7-/m0/s1. The first-order valence-electron chi connectivity index (χ1n) is 6.25. The van der Waals surface area contributed by atoms with E-state index in [1.165, 1.54) is 6.92 Å². The lowest BCUT2D eigenvalue weighted by Crippen LogP contribution is -2.49. The van der Waals surface area contributed by atoms with Gasteiger partial charge in [-0.15, -0.1) is 0 Å². The largest absolute Gasteiger partial charge is 0.548 e. The minimum atomic E-state index is -1.44. The van der Waals surface area contributed by atoms with Crippen molar-refractivity contribution in [2.24, 2.45) is 0 Å². The smallest absolute Gasteiger partial charge is 0.408 e. The Balaban J connectivity index is 4.08. The van der Waals surface area contributed by atoms with Crippen LogP contribution in [0.5, 0.6) is 0 Å². The van der Waals surface area contributed by atoms with Crippen LogP contribution in [-0.2, 0) is 19.1 Å². The van der Waals surface area contributed by atoms with Gasteiger partial charge in [-0.1, -0.05) is 0 Å². The van der Waals surface area contributed by atoms with Gasteiger partial charge in [0.05, 0.1) is 19.1 Å². The summed E-state index contributed by atoms with van der Waals surface area (Å²) in [6.07, 6.45) is -0.758. The van der Waals surface area contributed by atoms with Crippen molar-refractivity contribution in [3.05, 3.63) is 0 Å². The van der Waals surface area contributed by atoms with Gasteiger partial charge in [0.15, 0.2) is 0 Å². The van der Waals surface area contributed by atoms with E-state index in [0.717, 1.165) is 0 Å². The third kappa shape index (κ3) is 10.2. The highest BCUT2D eigenvalue weighted by atomic mass is 16.6. The molecule has 0 spiro atoms. The quantitative estimate of drug-likeness (QED) is 0.513. The summed E-state index contributed by atoms with van der Waals surface area (Å²) in [6, 6.07) is -0.909. The third-order valence-electron chi connectivity index (χ3n) is 1.98. The van der Waals surface area contributed by atoms with Crippen LogP contribution in [0.15, 0.2) is 0 Å². The monoisotopic (exact) mass is 302 g/mol. The molecule has 0 rings (SSSR count). The molecule has 0 aliphatic heterocycles. The van der Waals surface area contributed by atoms with Gasteiger partial charge in [0, 0.05) is 0 Å². The van der Waals surface area contributed by atoms with Crippen molar-refractivity contribution >= 4 is 23.9 Å². The van der Waals surface area contributed by atoms with Crippen LogP contribution in [0.1, 0.15) is 27.7 Å². The Morgan fingerprint density at radius 3 is 2.14 bits per heavy atom. The zero-order valence-electron chi connectivity index (χ0n) is 12.4. The summed E-state index contributed by atoms with van der Waals surface area (Å²) < 4.78 is 4.97. The number of carboxylic acids is 1. The van der Waals surface area contributed by atoms with E-state index in [9.17, 15) is 24.3 Å². The summed E-state index contributed by atoms with van der Waals surface area (Å²) in [5, 5.41) is 16.7. The van der Waals surface area contributed by atoms with Crippen molar-refractivity contribution in [3.8, 4) is 0 Å². The fraction of sp³-hybridized carbons (Fsp3) is 0.667. The maximum absolute atomic E-state index is 11.6. The molecule has 0 bridgehead atoms. The van der Waals surface area contributed by atoms with Gasteiger partial charge in [-0.05, 0) is 27.7 Å². The normalized spacial score (nSPS) is 12.0. The number of nitrogens with one attached hydrogen (secondary N) is 3. The van der Waals surface area contributed by atoms with Gasteiger partial charge in [-0.2, -0.15) is 0 Å². The van der Waals surface area contributed by atoms with Gasteiger partial charge in [0.1, 0.15) is 11.6 Å². The minimum absolute atomic E-state index is 0.410. The van der Waals surface area contributed by atoms with Crippen LogP contribution < -0.4 is 21.1 Å². The molecule has 0 aliphatic carbocycles. The topological polar surface area (TPSA) is 137 Å². The molecule has 21 heavy (non-hydrogen) atoms. The second kappa shape index (κ2) is 8.08. The molecule has 0 aromatic heterocycles. The predicted octanol–water partition coefficient (Wildman–Crippen LogP) is -2.12. The molecule has 0 aromatic rings. The van der Waals surface area contributed by atoms with Crippen molar-refractivity contribution < 1.29 is 29.0 Å². The molecule has 0 saturated heterocycles. The third-order valence-corrected chi connectivity index (χ3v) is 1.98. The zero-order chi connectivity index (χ0) is 16.6. The number of alkyl carbamates (subject to hydrolysis) is 1. The number of carbonyl (C=O) groups is 4. The molecule has 9 heteroatoms. The number of carbonyl (C=O) groups excluding carboxylic acids is 4. The maximum atomic E-state index is 11.6. The van der Waals surface area contributed by atoms with Gasteiger partial charge in [0.25, 0.3) is 0 Å². The molecule has 0 radical (unpaired) electrons. The number of amides is 3. The van der Waals surface area contributed by atoms with E-state index in [1.54, 1.807) is 20.8 Å². The summed E-state index contributed by atoms with van der Waals surface area (Å²) in [5.74, 6) is -2.73. The summed E-state index contributed by atoms with van der Waals surface area (Å²) in [5.41, 5.74) is -0.689. The Hall–Kier alpha value is -2.32. The van der Waals surface area contributed by atoms with E-state index in [2.05, 4.69) is 10.6 Å². The Kier molecular flexibility index (Phi) is 7.18. The molecule has 3 N–H and O–H groups in total. The molecule has 9 nitrogen and oxygen atoms in total. The maximum Gasteiger partial charge on any atom is 0.408 e. The van der Waals surface area contributed by atoms with E-state index >= 15 is 0 Å². The second-order valence-electron chi connectivity index (χ2n) is 5.23. The fourth-order valence-corrected chi connectivity index (χ4v) is 1.10. The van der Waals surface area contributed by atoms with Crippen molar-refractivity contribution in [2.75, 3.05) is 13.1 Å². The summed E-state index contributed by atoms with van der Waals surface area (Å²) in [7, 11) is 0. The Bertz CT molecular complexity index is 416. The second-order valence-corrected chi connectivity index (χ2v) is 5.23. The number of hydrogen-bond acceptors (Lipinski definition) is 6. The lowest BCUT2D eigenvalue weighted by atomic mass is 10.2. The average Bonchev–Trinajstić information content (AvgIpc) is 2.30. The first kappa shape index (κ1) is 18.7. The highest BCUT2D eigenvalue weighted by molar-refractivity contribution is 5.89. The number of rotatable bonds is 6. The zero-order valence-corrected chi connectivity index (χ0v) is 12.4. The first-order valence-corrected chi connectivity index (χ1v) is 6.25. The van der Waals surface area contributed by atoms with Gasteiger partial charge in [-0.25, -0.2) is 4.79 Å². The molecular formula is C12H20N3O6-. The van der Waals surface area contributed by atoms with Crippen molar-refractivity contribution in [3.63, 3.8) is 0 Å². The molecule has 0 aromatic carbocycles. The van der Waals surface area contributed by atoms with Crippen LogP contribution in [0.4, 0.5) is 4.79 Å². The van der Waals surface area contributed by atoms with Gasteiger partial charge < -0.3 is 30.6 Å². The predicted molar refractivity (Wildman–Crippen MR) is 69.9 cm³/mol. The van der Waals surface area contributed by atoms with E-state index in [-0.39, 0.29) is 0 Å². The van der Waals surface area contributed by atoms with Crippen LogP contribution in [0.2, 0.25) is 0 Å². The van der Waals surface area contributed by atoms with E-state index in [4.69, 9.17) is 4.74 Å². The Labute approximate surface area is 122 Å². The van der Waals surface area contributed by atoms with E-state index < -0.39 is 48.6 Å². The van der Waals surface area contributed by atoms with Crippen LogP contribution in [0, 0.1) is 0 Å². The van der Waals surface area contributed by atoms with Crippen molar-refractivity contribution in [2.45, 2.75) is 39.3 Å². The summed E-state index contributed by atoms with van der Waals surface area (Å²) >= 11 is 0. The molecule has 0 fully saturated rings. The Morgan fingerprint density at radius 1 is 1.10 bits per heavy atom. The molecule has 0 saturated carbocycles. The average molecular weight is 302 g/mol. The highest BCUT2D eigenvalue weighted by Crippen LogP contribution is 2.06. The lowest BCUT2D eigenvalue weighted by Gasteiger charge is -2.21. The van der Waals surface area contributed by atoms with Gasteiger partial charge in [0.2, 0.25) is 11.8 Å². The van der Waals surface area contributed by atoms with Crippen LogP contribution in [0.25, 0.3) is 0 Å². The first-order chi connectivity index (χ1) is 9.51. The van der Waals surface area contributed by atoms with Crippen molar-refractivity contribution in [1.82, 2.24) is 16.0 Å². The van der Waals surface area contributed by atoms with Crippen LogP contribution >= 0.6 is 0 Å². The van der Waals surface area contributed by atoms with Crippen LogP contribution in [0.3, 0.4) is 0 Å². The van der Waals surface area contributed by atoms with Gasteiger partial charge in [-0.3, -0.25) is 9.59 Å². The van der Waals surface area contributed by atoms with Gasteiger partial charge >= 0.3 is 6.09 Å². The Morgan fingerprint density at radius 2 is 1.67 bits per heavy atom. The molecular weight excluding hydrogens is 282 g/mol. The highest BCUT2D eigenvalue weighted by Gasteiger charge is 2.21. The SMILES string of the molecule is C[C@H](NC(=O)OC(C)(C)C)C(=O)NCC(=O)NCC(=O)[O-]. The molecule has 0 unspecified atom stereocenters. The van der Waals surface area contributed by atoms with E-state index in [1.807, 2.05) is 5.32 Å². The number of ether oxygens (including phenoxy) is 1. The summed E-state index contributed by atoms with van der Waals surface area (Å²) in [6.45, 7) is 5.40. The fourth-order valence-electron chi connectivity index (χ4n) is 1.10. The van der Waals surface area contributed by atoms with Crippen LogP contribution in [-0.4, -0.2) is 48.6 Å². The number of hydrogen-bond donors (Lipinski definition) is 3. The minimum Gasteiger partial charge on any atom is -0.548 e. The lowest BCUT2D eigenvalue weighted by molar-refractivity contribution is -0.304.